The predicted octanol–water partition coefficient (Wildman–Crippen LogP) is 5.16. The van der Waals surface area contributed by atoms with E-state index in [9.17, 15) is 14.4 Å². The lowest BCUT2D eigenvalue weighted by molar-refractivity contribution is -0.127. The first-order valence-electron chi connectivity index (χ1n) is 10.3. The Kier molecular flexibility index (Phi) is 6.16. The molecule has 0 saturated carbocycles. The molecule has 10 heteroatoms. The minimum atomic E-state index is -0.547. The molecule has 0 radical (unpaired) electrons. The number of halogens is 1. The molecule has 2 aliphatic heterocycles. The normalized spacial score (nSPS) is 16.3. The highest BCUT2D eigenvalue weighted by Crippen LogP contribution is 2.34. The fourth-order valence-corrected chi connectivity index (χ4v) is 4.51. The smallest absolute Gasteiger partial charge is 0.294 e. The second-order valence-electron chi connectivity index (χ2n) is 7.38. The van der Waals surface area contributed by atoms with Gasteiger partial charge in [0.25, 0.3) is 11.1 Å². The molecular formula is C24H17BrN2O6S. The topological polar surface area (TPSA) is 98.1 Å². The molecule has 1 saturated heterocycles. The molecule has 5 rings (SSSR count). The van der Waals surface area contributed by atoms with E-state index in [0.717, 1.165) is 26.7 Å². The van der Waals surface area contributed by atoms with E-state index in [1.807, 2.05) is 24.3 Å². The number of rotatable bonds is 5. The Bertz CT molecular complexity index is 1320. The molecule has 3 amide bonds. The molecule has 3 aromatic rings. The fourth-order valence-electron chi connectivity index (χ4n) is 3.43. The summed E-state index contributed by atoms with van der Waals surface area (Å²) in [4.78, 5) is 38.8. The van der Waals surface area contributed by atoms with Crippen molar-refractivity contribution in [1.82, 2.24) is 4.90 Å². The van der Waals surface area contributed by atoms with Gasteiger partial charge >= 0.3 is 0 Å². The highest BCUT2D eigenvalue weighted by molar-refractivity contribution is 9.10. The molecule has 8 nitrogen and oxygen atoms in total. The number of carbonyl (C=O) groups excluding carboxylic acids is 3. The van der Waals surface area contributed by atoms with Gasteiger partial charge in [0.15, 0.2) is 11.5 Å². The van der Waals surface area contributed by atoms with Gasteiger partial charge in [-0.3, -0.25) is 19.3 Å². The Morgan fingerprint density at radius 1 is 1.03 bits per heavy atom. The molecule has 1 fully saturated rings. The summed E-state index contributed by atoms with van der Waals surface area (Å²) in [7, 11) is 0. The molecule has 0 aliphatic carbocycles. The van der Waals surface area contributed by atoms with E-state index in [1.165, 1.54) is 6.08 Å². The van der Waals surface area contributed by atoms with Gasteiger partial charge in [0.2, 0.25) is 5.91 Å². The summed E-state index contributed by atoms with van der Waals surface area (Å²) in [6.45, 7) is 0.488. The zero-order chi connectivity index (χ0) is 23.7. The van der Waals surface area contributed by atoms with E-state index in [1.54, 1.807) is 30.3 Å². The van der Waals surface area contributed by atoms with Crippen LogP contribution in [0.5, 0.6) is 11.5 Å². The van der Waals surface area contributed by atoms with Crippen LogP contribution in [0.3, 0.4) is 0 Å². The van der Waals surface area contributed by atoms with Gasteiger partial charge in [-0.15, -0.1) is 0 Å². The predicted molar refractivity (Wildman–Crippen MR) is 131 cm³/mol. The van der Waals surface area contributed by atoms with Crippen LogP contribution in [-0.2, 0) is 9.59 Å². The number of amides is 3. The molecule has 1 N–H and O–H groups in total. The number of carbonyl (C=O) groups is 3. The van der Waals surface area contributed by atoms with Crippen LogP contribution < -0.4 is 14.8 Å². The number of nitrogens with zero attached hydrogens (tertiary/aromatic N) is 1. The number of furan rings is 1. The lowest BCUT2D eigenvalue weighted by atomic mass is 10.2. The first-order valence-corrected chi connectivity index (χ1v) is 11.9. The summed E-state index contributed by atoms with van der Waals surface area (Å²) in [5.74, 6) is 1.14. The van der Waals surface area contributed by atoms with Gasteiger partial charge in [-0.05, 0) is 48.2 Å². The van der Waals surface area contributed by atoms with Crippen LogP contribution >= 0.6 is 27.7 Å². The van der Waals surface area contributed by atoms with Crippen molar-refractivity contribution in [3.8, 4) is 22.8 Å². The standard InChI is InChI=1S/C24H17BrN2O6S/c25-15-3-1-14(2-4-15)18-8-6-17(33-18)12-21-23(29)27(24(30)34-21)13-22(28)26-16-5-7-19-20(11-16)32-10-9-31-19/h1-8,11-12H,9-10,13H2,(H,26,28)/b21-12+. The second kappa shape index (κ2) is 9.40. The molecule has 0 spiro atoms. The van der Waals surface area contributed by atoms with Gasteiger partial charge in [0.1, 0.15) is 31.3 Å². The van der Waals surface area contributed by atoms with Crippen molar-refractivity contribution in [3.63, 3.8) is 0 Å². The van der Waals surface area contributed by atoms with E-state index in [0.29, 0.717) is 41.9 Å². The summed E-state index contributed by atoms with van der Waals surface area (Å²) in [6, 6.07) is 16.1. The molecule has 34 heavy (non-hydrogen) atoms. The second-order valence-corrected chi connectivity index (χ2v) is 9.29. The van der Waals surface area contributed by atoms with E-state index >= 15 is 0 Å². The van der Waals surface area contributed by atoms with Crippen LogP contribution in [0.4, 0.5) is 10.5 Å². The molecular weight excluding hydrogens is 524 g/mol. The van der Waals surface area contributed by atoms with Gasteiger partial charge < -0.3 is 19.2 Å². The van der Waals surface area contributed by atoms with Crippen LogP contribution in [0.2, 0.25) is 0 Å². The Labute approximate surface area is 207 Å². The van der Waals surface area contributed by atoms with Crippen molar-refractivity contribution in [3.05, 3.63) is 69.7 Å². The van der Waals surface area contributed by atoms with Crippen LogP contribution in [0.25, 0.3) is 17.4 Å². The first kappa shape index (κ1) is 22.3. The van der Waals surface area contributed by atoms with Crippen molar-refractivity contribution in [2.75, 3.05) is 25.1 Å². The van der Waals surface area contributed by atoms with E-state index in [-0.39, 0.29) is 4.91 Å². The van der Waals surface area contributed by atoms with Crippen molar-refractivity contribution < 1.29 is 28.3 Å². The summed E-state index contributed by atoms with van der Waals surface area (Å²) in [5, 5.41) is 2.16. The molecule has 172 valence electrons. The zero-order valence-corrected chi connectivity index (χ0v) is 20.0. The maximum Gasteiger partial charge on any atom is 0.294 e. The zero-order valence-electron chi connectivity index (χ0n) is 17.6. The van der Waals surface area contributed by atoms with E-state index < -0.39 is 23.6 Å². The Balaban J connectivity index is 1.25. The minimum Gasteiger partial charge on any atom is -0.486 e. The lowest BCUT2D eigenvalue weighted by Crippen LogP contribution is -2.36. The highest BCUT2D eigenvalue weighted by atomic mass is 79.9. The summed E-state index contributed by atoms with van der Waals surface area (Å²) in [6.07, 6.45) is 1.51. The summed E-state index contributed by atoms with van der Waals surface area (Å²) < 4.78 is 17.7. The van der Waals surface area contributed by atoms with Crippen LogP contribution in [0.1, 0.15) is 5.76 Å². The van der Waals surface area contributed by atoms with E-state index in [4.69, 9.17) is 13.9 Å². The molecule has 3 heterocycles. The quantitative estimate of drug-likeness (QED) is 0.446. The highest BCUT2D eigenvalue weighted by Gasteiger charge is 2.36. The Morgan fingerprint density at radius 2 is 1.79 bits per heavy atom. The third-order valence-electron chi connectivity index (χ3n) is 5.03. The number of fused-ring (bicyclic) bond motifs is 1. The number of hydrogen-bond acceptors (Lipinski definition) is 7. The number of anilines is 1. The van der Waals surface area contributed by atoms with Crippen LogP contribution in [-0.4, -0.2) is 41.7 Å². The van der Waals surface area contributed by atoms with Crippen molar-refractivity contribution >= 4 is 56.5 Å². The van der Waals surface area contributed by atoms with Gasteiger partial charge in [-0.25, -0.2) is 0 Å². The monoisotopic (exact) mass is 540 g/mol. The van der Waals surface area contributed by atoms with Gasteiger partial charge in [0, 0.05) is 27.9 Å². The van der Waals surface area contributed by atoms with Crippen molar-refractivity contribution in [1.29, 1.82) is 0 Å². The fraction of sp³-hybridized carbons (Fsp3) is 0.125. The summed E-state index contributed by atoms with van der Waals surface area (Å²) >= 11 is 4.16. The average Bonchev–Trinajstić information content (AvgIpc) is 3.40. The number of hydrogen-bond donors (Lipinski definition) is 1. The number of nitrogens with one attached hydrogen (secondary N) is 1. The molecule has 0 bridgehead atoms. The molecule has 2 aromatic carbocycles. The minimum absolute atomic E-state index is 0.189. The Morgan fingerprint density at radius 3 is 2.59 bits per heavy atom. The van der Waals surface area contributed by atoms with Crippen LogP contribution in [0, 0.1) is 0 Å². The maximum absolute atomic E-state index is 12.8. The van der Waals surface area contributed by atoms with Gasteiger partial charge in [-0.2, -0.15) is 0 Å². The number of imide groups is 1. The molecule has 1 aromatic heterocycles. The largest absolute Gasteiger partial charge is 0.486 e. The molecule has 2 aliphatic rings. The molecule has 0 unspecified atom stereocenters. The Hall–Kier alpha value is -3.50. The van der Waals surface area contributed by atoms with Crippen LogP contribution in [0.15, 0.2) is 68.4 Å². The van der Waals surface area contributed by atoms with Crippen molar-refractivity contribution in [2.45, 2.75) is 0 Å². The van der Waals surface area contributed by atoms with Gasteiger partial charge in [-0.1, -0.05) is 28.1 Å². The number of ether oxygens (including phenoxy) is 2. The van der Waals surface area contributed by atoms with Crippen molar-refractivity contribution in [2.24, 2.45) is 0 Å². The number of benzene rings is 2. The third kappa shape index (κ3) is 4.73. The lowest BCUT2D eigenvalue weighted by Gasteiger charge is -2.19. The average molecular weight is 541 g/mol. The van der Waals surface area contributed by atoms with Gasteiger partial charge in [0.05, 0.1) is 4.91 Å². The van der Waals surface area contributed by atoms with E-state index in [2.05, 4.69) is 21.2 Å². The summed E-state index contributed by atoms with van der Waals surface area (Å²) in [5.41, 5.74) is 1.36. The maximum atomic E-state index is 12.8. The third-order valence-corrected chi connectivity index (χ3v) is 6.47. The number of thioether (sulfide) groups is 1. The SMILES string of the molecule is O=C(CN1C(=O)S/C(=C/c2ccc(-c3ccc(Br)cc3)o2)C1=O)Nc1ccc2c(c1)OCCO2. The molecule has 0 atom stereocenters. The first-order chi connectivity index (χ1) is 16.5.